The van der Waals surface area contributed by atoms with Crippen LogP contribution in [0.15, 0.2) is 22.3 Å². The summed E-state index contributed by atoms with van der Waals surface area (Å²) in [6, 6.07) is 3.77. The molecule has 0 radical (unpaired) electrons. The van der Waals surface area contributed by atoms with E-state index in [1.807, 2.05) is 17.5 Å². The lowest BCUT2D eigenvalue weighted by atomic mass is 9.96. The van der Waals surface area contributed by atoms with E-state index >= 15 is 0 Å². The molecule has 0 spiro atoms. The van der Waals surface area contributed by atoms with Crippen LogP contribution >= 0.6 is 22.7 Å². The summed E-state index contributed by atoms with van der Waals surface area (Å²) in [5, 5.41) is 13.4. The van der Waals surface area contributed by atoms with E-state index in [-0.39, 0.29) is 11.3 Å². The van der Waals surface area contributed by atoms with Crippen molar-refractivity contribution in [1.29, 1.82) is 0 Å². The van der Waals surface area contributed by atoms with Crippen LogP contribution in [0.1, 0.15) is 23.3 Å². The van der Waals surface area contributed by atoms with E-state index in [0.29, 0.717) is 5.56 Å². The van der Waals surface area contributed by atoms with Crippen molar-refractivity contribution in [3.63, 3.8) is 0 Å². The van der Waals surface area contributed by atoms with E-state index in [1.165, 1.54) is 28.2 Å². The van der Waals surface area contributed by atoms with Gasteiger partial charge in [-0.25, -0.2) is 0 Å². The predicted molar refractivity (Wildman–Crippen MR) is 84.1 cm³/mol. The number of aryl methyl sites for hydroxylation is 2. The molecule has 3 aromatic heterocycles. The topological polar surface area (TPSA) is 53.1 Å². The van der Waals surface area contributed by atoms with Crippen molar-refractivity contribution in [1.82, 2.24) is 4.98 Å². The third-order valence-electron chi connectivity index (χ3n) is 3.87. The summed E-state index contributed by atoms with van der Waals surface area (Å²) < 4.78 is 0. The first-order chi connectivity index (χ1) is 9.75. The van der Waals surface area contributed by atoms with Gasteiger partial charge in [-0.15, -0.1) is 22.7 Å². The van der Waals surface area contributed by atoms with E-state index in [0.717, 1.165) is 34.4 Å². The normalized spacial score (nSPS) is 14.6. The summed E-state index contributed by atoms with van der Waals surface area (Å²) >= 11 is 3.10. The van der Waals surface area contributed by atoms with Gasteiger partial charge in [-0.05, 0) is 42.7 Å². The SMILES string of the molecule is O=c1[nH]c2sc3c(c2c(O)c1-c1cccs1)CCCC3. The van der Waals surface area contributed by atoms with Crippen LogP contribution in [0.5, 0.6) is 5.75 Å². The summed E-state index contributed by atoms with van der Waals surface area (Å²) in [7, 11) is 0. The first-order valence-electron chi connectivity index (χ1n) is 6.69. The van der Waals surface area contributed by atoms with Gasteiger partial charge in [0.15, 0.2) is 0 Å². The highest BCUT2D eigenvalue weighted by atomic mass is 32.1. The number of aromatic hydroxyl groups is 1. The van der Waals surface area contributed by atoms with Crippen LogP contribution in [-0.4, -0.2) is 10.1 Å². The number of aromatic amines is 1. The molecule has 0 atom stereocenters. The van der Waals surface area contributed by atoms with Crippen LogP contribution in [-0.2, 0) is 12.8 Å². The van der Waals surface area contributed by atoms with Crippen molar-refractivity contribution in [2.75, 3.05) is 0 Å². The minimum Gasteiger partial charge on any atom is -0.506 e. The maximum absolute atomic E-state index is 12.3. The molecule has 102 valence electrons. The molecule has 3 nitrogen and oxygen atoms in total. The third kappa shape index (κ3) is 1.66. The molecular formula is C15H13NO2S2. The molecule has 4 rings (SSSR count). The van der Waals surface area contributed by atoms with Crippen molar-refractivity contribution in [2.24, 2.45) is 0 Å². The quantitative estimate of drug-likeness (QED) is 0.716. The van der Waals surface area contributed by atoms with E-state index in [1.54, 1.807) is 11.3 Å². The van der Waals surface area contributed by atoms with Crippen LogP contribution in [0.4, 0.5) is 0 Å². The number of rotatable bonds is 1. The first-order valence-corrected chi connectivity index (χ1v) is 8.38. The standard InChI is InChI=1S/C15H13NO2S2/c17-13-11-8-4-1-2-5-9(8)20-15(11)16-14(18)12(13)10-6-3-7-19-10/h3,6-7H,1-2,4-5H2,(H2,16,17,18). The molecule has 0 aromatic carbocycles. The zero-order valence-electron chi connectivity index (χ0n) is 10.7. The number of fused-ring (bicyclic) bond motifs is 3. The van der Waals surface area contributed by atoms with Gasteiger partial charge in [0, 0.05) is 9.75 Å². The fourth-order valence-electron chi connectivity index (χ4n) is 2.95. The molecule has 0 aliphatic heterocycles. The maximum Gasteiger partial charge on any atom is 0.261 e. The Labute approximate surface area is 123 Å². The van der Waals surface area contributed by atoms with Crippen molar-refractivity contribution in [2.45, 2.75) is 25.7 Å². The van der Waals surface area contributed by atoms with Gasteiger partial charge in [0.1, 0.15) is 10.6 Å². The van der Waals surface area contributed by atoms with Crippen molar-refractivity contribution in [3.05, 3.63) is 38.3 Å². The monoisotopic (exact) mass is 303 g/mol. The summed E-state index contributed by atoms with van der Waals surface area (Å²) in [6.07, 6.45) is 4.41. The highest BCUT2D eigenvalue weighted by Crippen LogP contribution is 2.42. The Morgan fingerprint density at radius 3 is 2.90 bits per heavy atom. The second-order valence-corrected chi connectivity index (χ2v) is 7.12. The van der Waals surface area contributed by atoms with Gasteiger partial charge < -0.3 is 10.1 Å². The van der Waals surface area contributed by atoms with E-state index in [4.69, 9.17) is 0 Å². The molecular weight excluding hydrogens is 290 g/mol. The third-order valence-corrected chi connectivity index (χ3v) is 5.96. The Balaban J connectivity index is 2.09. The van der Waals surface area contributed by atoms with Gasteiger partial charge >= 0.3 is 0 Å². The van der Waals surface area contributed by atoms with Crippen LogP contribution in [0.3, 0.4) is 0 Å². The van der Waals surface area contributed by atoms with Gasteiger partial charge in [-0.1, -0.05) is 6.07 Å². The van der Waals surface area contributed by atoms with Crippen molar-refractivity contribution < 1.29 is 5.11 Å². The van der Waals surface area contributed by atoms with Gasteiger partial charge in [0.2, 0.25) is 0 Å². The second-order valence-electron chi connectivity index (χ2n) is 5.07. The van der Waals surface area contributed by atoms with Crippen molar-refractivity contribution >= 4 is 32.9 Å². The lowest BCUT2D eigenvalue weighted by Gasteiger charge is -2.11. The van der Waals surface area contributed by atoms with Crippen LogP contribution in [0, 0.1) is 0 Å². The lowest BCUT2D eigenvalue weighted by molar-refractivity contribution is 0.482. The fourth-order valence-corrected chi connectivity index (χ4v) is 5.01. The Hall–Kier alpha value is -1.59. The minimum atomic E-state index is -0.198. The van der Waals surface area contributed by atoms with E-state index in [9.17, 15) is 9.90 Å². The molecule has 0 unspecified atom stereocenters. The molecule has 3 aromatic rings. The van der Waals surface area contributed by atoms with E-state index < -0.39 is 0 Å². The molecule has 0 saturated heterocycles. The first kappa shape index (κ1) is 12.2. The Morgan fingerprint density at radius 1 is 1.25 bits per heavy atom. The lowest BCUT2D eigenvalue weighted by Crippen LogP contribution is -2.08. The molecule has 0 saturated carbocycles. The van der Waals surface area contributed by atoms with Crippen LogP contribution < -0.4 is 5.56 Å². The van der Waals surface area contributed by atoms with Gasteiger partial charge in [-0.3, -0.25) is 4.79 Å². The second kappa shape index (κ2) is 4.46. The maximum atomic E-state index is 12.3. The number of H-pyrrole nitrogens is 1. The molecule has 5 heteroatoms. The average Bonchev–Trinajstić information content (AvgIpc) is 3.05. The summed E-state index contributed by atoms with van der Waals surface area (Å²) in [6.45, 7) is 0. The molecule has 2 N–H and O–H groups in total. The average molecular weight is 303 g/mol. The van der Waals surface area contributed by atoms with Gasteiger partial charge in [0.25, 0.3) is 5.56 Å². The number of aromatic nitrogens is 1. The molecule has 3 heterocycles. The highest BCUT2D eigenvalue weighted by molar-refractivity contribution is 7.19. The number of thiophene rings is 2. The summed E-state index contributed by atoms with van der Waals surface area (Å²) in [4.78, 5) is 18.2. The zero-order valence-corrected chi connectivity index (χ0v) is 12.4. The minimum absolute atomic E-state index is 0.158. The summed E-state index contributed by atoms with van der Waals surface area (Å²) in [5.74, 6) is 0.158. The summed E-state index contributed by atoms with van der Waals surface area (Å²) in [5.41, 5.74) is 1.46. The zero-order chi connectivity index (χ0) is 13.7. The number of pyridine rings is 1. The molecule has 0 fully saturated rings. The van der Waals surface area contributed by atoms with Gasteiger partial charge in [0.05, 0.1) is 10.9 Å². The number of nitrogens with one attached hydrogen (secondary N) is 1. The Bertz CT molecular complexity index is 843. The smallest absolute Gasteiger partial charge is 0.261 e. The predicted octanol–water partition coefficient (Wildman–Crippen LogP) is 3.90. The number of hydrogen-bond acceptors (Lipinski definition) is 4. The van der Waals surface area contributed by atoms with Crippen molar-refractivity contribution in [3.8, 4) is 16.2 Å². The molecule has 0 amide bonds. The van der Waals surface area contributed by atoms with Crippen LogP contribution in [0.25, 0.3) is 20.7 Å². The molecule has 1 aliphatic rings. The molecule has 0 bridgehead atoms. The van der Waals surface area contributed by atoms with E-state index in [2.05, 4.69) is 4.98 Å². The Morgan fingerprint density at radius 2 is 2.10 bits per heavy atom. The number of hydrogen-bond donors (Lipinski definition) is 2. The Kier molecular flexibility index (Phi) is 2.72. The fraction of sp³-hybridized carbons (Fsp3) is 0.267. The highest BCUT2D eigenvalue weighted by Gasteiger charge is 2.23. The van der Waals surface area contributed by atoms with Crippen LogP contribution in [0.2, 0.25) is 0 Å². The van der Waals surface area contributed by atoms with Gasteiger partial charge in [-0.2, -0.15) is 0 Å². The largest absolute Gasteiger partial charge is 0.506 e. The molecule has 1 aliphatic carbocycles. The molecule has 20 heavy (non-hydrogen) atoms.